The maximum Gasteiger partial charge on any atom is 4.00 e. The summed E-state index contributed by atoms with van der Waals surface area (Å²) in [6, 6.07) is 0. The molecule has 0 spiro atoms. The summed E-state index contributed by atoms with van der Waals surface area (Å²) in [6.45, 7) is 5.83. The molecule has 0 unspecified atom stereocenters. The molecule has 0 saturated heterocycles. The Labute approximate surface area is 179 Å². The van der Waals surface area contributed by atoms with Crippen molar-refractivity contribution in [2.75, 3.05) is 0 Å². The van der Waals surface area contributed by atoms with Crippen molar-refractivity contribution >= 4 is 35.8 Å². The number of rotatable bonds is 0. The molecule has 0 aliphatic rings. The number of aliphatic carboxylic acids is 6. The summed E-state index contributed by atoms with van der Waals surface area (Å²) >= 11 is 0. The topological polar surface area (TPSA) is 241 Å². The number of carboxylic acid groups (broad SMARTS) is 6. The molecule has 0 aliphatic heterocycles. The van der Waals surface area contributed by atoms with Crippen molar-refractivity contribution in [2.45, 2.75) is 41.5 Å². The molecule has 0 rings (SSSR count). The Morgan fingerprint density at radius 3 is 0.385 bits per heavy atom. The summed E-state index contributed by atoms with van der Waals surface area (Å²) in [4.78, 5) is 53.3. The van der Waals surface area contributed by atoms with Crippen molar-refractivity contribution in [2.24, 2.45) is 0 Å². The van der Waals surface area contributed by atoms with Crippen molar-refractivity contribution in [3.8, 4) is 0 Å². The van der Waals surface area contributed by atoms with Crippen LogP contribution in [0.5, 0.6) is 0 Å². The van der Waals surface area contributed by atoms with Gasteiger partial charge in [0, 0.05) is 35.8 Å². The van der Waals surface area contributed by atoms with Gasteiger partial charge in [0.2, 0.25) is 0 Å². The van der Waals surface area contributed by atoms with Crippen molar-refractivity contribution < 1.29 is 102 Å². The van der Waals surface area contributed by atoms with Crippen LogP contribution in [0.25, 0.3) is 0 Å². The van der Waals surface area contributed by atoms with Crippen LogP contribution in [0.1, 0.15) is 41.5 Å². The molecule has 0 atom stereocenters. The molecule has 0 aromatic heterocycles. The summed E-state index contributed by atoms with van der Waals surface area (Å²) in [5.74, 6) is -6.50. The molecule has 12 nitrogen and oxygen atoms in total. The third kappa shape index (κ3) is 3120. The molecule has 151 valence electrons. The van der Waals surface area contributed by atoms with E-state index in [1.807, 2.05) is 0 Å². The van der Waals surface area contributed by atoms with Gasteiger partial charge >= 0.3 is 43.0 Å². The van der Waals surface area contributed by atoms with E-state index in [-0.39, 0.29) is 43.0 Å². The van der Waals surface area contributed by atoms with Crippen LogP contribution >= 0.6 is 0 Å². The number of carboxylic acids is 6. The molecule has 0 aliphatic carbocycles. The molecule has 26 heavy (non-hydrogen) atoms. The predicted molar refractivity (Wildman–Crippen MR) is 64.1 cm³/mol. The second-order valence-corrected chi connectivity index (χ2v) is 2.95. The van der Waals surface area contributed by atoms with Crippen LogP contribution in [0.3, 0.4) is 0 Å². The van der Waals surface area contributed by atoms with Gasteiger partial charge in [-0.2, -0.15) is 0 Å². The fourth-order valence-electron chi connectivity index (χ4n) is 0. The molecule has 1 radical (unpaired) electrons. The summed E-state index contributed by atoms with van der Waals surface area (Å²) < 4.78 is 0. The van der Waals surface area contributed by atoms with Crippen molar-refractivity contribution in [3.05, 3.63) is 0 Å². The van der Waals surface area contributed by atoms with Crippen LogP contribution in [-0.2, 0) is 71.7 Å². The quantitative estimate of drug-likeness (QED) is 0.299. The van der Waals surface area contributed by atoms with Crippen LogP contribution < -0.4 is 30.6 Å². The van der Waals surface area contributed by atoms with E-state index in [2.05, 4.69) is 0 Å². The van der Waals surface area contributed by atoms with Crippen LogP contribution in [0.4, 0.5) is 0 Å². The van der Waals surface area contributed by atoms with Crippen LogP contribution in [-0.4, -0.2) is 35.8 Å². The Hall–Kier alpha value is -1.79. The molecule has 0 heterocycles. The minimum absolute atomic E-state index is 0. The average molecular weight is 504 g/mol. The average Bonchev–Trinajstić information content (AvgIpc) is 2.08. The zero-order valence-corrected chi connectivity index (χ0v) is 18.2. The second kappa shape index (κ2) is 43.6. The van der Waals surface area contributed by atoms with Gasteiger partial charge in [0.05, 0.1) is 0 Å². The molecular weight excluding hydrogens is 486 g/mol. The predicted octanol–water partition coefficient (Wildman–Crippen LogP) is -7.47. The van der Waals surface area contributed by atoms with E-state index >= 15 is 0 Å². The van der Waals surface area contributed by atoms with E-state index in [4.69, 9.17) is 59.4 Å². The Kier molecular flexibility index (Phi) is 83.2. The van der Waals surface area contributed by atoms with Crippen LogP contribution in [0, 0.1) is 0 Å². The smallest absolute Gasteiger partial charge is 0.550 e. The van der Waals surface area contributed by atoms with E-state index in [1.54, 1.807) is 0 Å². The maximum atomic E-state index is 8.89. The van der Waals surface area contributed by atoms with Gasteiger partial charge in [0.25, 0.3) is 0 Å². The Morgan fingerprint density at radius 1 is 0.385 bits per heavy atom. The van der Waals surface area contributed by atoms with E-state index in [0.29, 0.717) is 0 Å². The summed E-state index contributed by atoms with van der Waals surface area (Å²) in [6.07, 6.45) is 0. The fourth-order valence-corrected chi connectivity index (χ4v) is 0. The Bertz CT molecular complexity index is 267. The maximum absolute atomic E-state index is 8.89. The van der Waals surface area contributed by atoms with Gasteiger partial charge in [0.15, 0.2) is 0 Å². The SMILES string of the molecule is CC(=O)[O-].CC(=O)[O-].CC(=O)[O-].CC(=O)[O-].CC(=O)[O-].CC(=O)[O-].[Co+2].[Zr+4]. The molecule has 0 fully saturated rings. The summed E-state index contributed by atoms with van der Waals surface area (Å²) in [5, 5.41) is 53.3. The zero-order chi connectivity index (χ0) is 21.5. The first-order valence-corrected chi connectivity index (χ1v) is 5.45. The number of carbonyl (C=O) groups is 6. The van der Waals surface area contributed by atoms with E-state index < -0.39 is 35.8 Å². The molecule has 0 saturated carbocycles. The Morgan fingerprint density at radius 2 is 0.385 bits per heavy atom. The fraction of sp³-hybridized carbons (Fsp3) is 0.500. The first kappa shape index (κ1) is 49.6. The molecule has 0 bridgehead atoms. The normalized spacial score (nSPS) is 5.77. The van der Waals surface area contributed by atoms with Crippen molar-refractivity contribution in [1.82, 2.24) is 0 Å². The van der Waals surface area contributed by atoms with Gasteiger partial charge in [0.1, 0.15) is 0 Å². The van der Waals surface area contributed by atoms with E-state index in [1.165, 1.54) is 0 Å². The minimum Gasteiger partial charge on any atom is -0.550 e. The van der Waals surface area contributed by atoms with Gasteiger partial charge in [-0.15, -0.1) is 0 Å². The second-order valence-electron chi connectivity index (χ2n) is 2.95. The van der Waals surface area contributed by atoms with Crippen molar-refractivity contribution in [1.29, 1.82) is 0 Å². The first-order valence-electron chi connectivity index (χ1n) is 5.45. The first-order chi connectivity index (χ1) is 10.4. The van der Waals surface area contributed by atoms with Crippen LogP contribution in [0.15, 0.2) is 0 Å². The Balaban J connectivity index is -0.0000000245. The standard InChI is InChI=1S/6C2H4O2.Co.Zr/c6*1-2(3)4;;/h6*1H3,(H,3,4);;/q;;;;;;+2;+4/p-6. The molecular formula is C12H18CoO12Zr. The van der Waals surface area contributed by atoms with Gasteiger partial charge in [-0.3, -0.25) is 0 Å². The monoisotopic (exact) mass is 503 g/mol. The molecule has 0 N–H and O–H groups in total. The third-order valence-electron chi connectivity index (χ3n) is 0. The molecule has 0 aromatic rings. The van der Waals surface area contributed by atoms with E-state index in [9.17, 15) is 0 Å². The largest absolute Gasteiger partial charge is 4.00 e. The number of carbonyl (C=O) groups excluding carboxylic acids is 6. The zero-order valence-electron chi connectivity index (χ0n) is 14.7. The number of hydrogen-bond donors (Lipinski definition) is 0. The van der Waals surface area contributed by atoms with Gasteiger partial charge < -0.3 is 59.4 Å². The number of hydrogen-bond acceptors (Lipinski definition) is 12. The van der Waals surface area contributed by atoms with Crippen LogP contribution in [0.2, 0.25) is 0 Å². The molecule has 14 heteroatoms. The van der Waals surface area contributed by atoms with Gasteiger partial charge in [-0.1, -0.05) is 0 Å². The molecule has 0 amide bonds. The minimum atomic E-state index is -1.08. The van der Waals surface area contributed by atoms with Crippen molar-refractivity contribution in [3.63, 3.8) is 0 Å². The summed E-state index contributed by atoms with van der Waals surface area (Å²) in [7, 11) is 0. The van der Waals surface area contributed by atoms with Gasteiger partial charge in [-0.25, -0.2) is 0 Å². The molecule has 0 aromatic carbocycles. The van der Waals surface area contributed by atoms with Gasteiger partial charge in [-0.05, 0) is 41.5 Å². The van der Waals surface area contributed by atoms with E-state index in [0.717, 1.165) is 41.5 Å². The summed E-state index contributed by atoms with van der Waals surface area (Å²) in [5.41, 5.74) is 0. The third-order valence-corrected chi connectivity index (χ3v) is 0.